The van der Waals surface area contributed by atoms with Gasteiger partial charge in [0.2, 0.25) is 0 Å². The molecule has 9 heteroatoms. The first-order chi connectivity index (χ1) is 11.6. The van der Waals surface area contributed by atoms with E-state index in [1.807, 2.05) is 12.2 Å². The maximum atomic E-state index is 10.6. The highest BCUT2D eigenvalue weighted by molar-refractivity contribution is 5.75. The summed E-state index contributed by atoms with van der Waals surface area (Å²) in [5, 5.41) is 16.9. The van der Waals surface area contributed by atoms with Crippen molar-refractivity contribution in [1.29, 1.82) is 0 Å². The molecule has 0 unspecified atom stereocenters. The third-order valence-electron chi connectivity index (χ3n) is 3.05. The molecule has 0 saturated carbocycles. The molecule has 6 nitrogen and oxygen atoms in total. The zero-order valence-corrected chi connectivity index (χ0v) is 14.6. The van der Waals surface area contributed by atoms with E-state index >= 15 is 0 Å². The van der Waals surface area contributed by atoms with Crippen molar-refractivity contribution in [3.8, 4) is 0 Å². The maximum Gasteiger partial charge on any atom is 0.490 e. The lowest BCUT2D eigenvalue weighted by molar-refractivity contribution is -0.192. The molecule has 0 aliphatic carbocycles. The van der Waals surface area contributed by atoms with Crippen LogP contribution in [0.1, 0.15) is 58.3 Å². The van der Waals surface area contributed by atoms with Crippen LogP contribution in [0, 0.1) is 0 Å². The van der Waals surface area contributed by atoms with E-state index in [4.69, 9.17) is 21.4 Å². The van der Waals surface area contributed by atoms with Gasteiger partial charge >= 0.3 is 12.1 Å². The Balaban J connectivity index is 0. The summed E-state index contributed by atoms with van der Waals surface area (Å²) in [6.07, 6.45) is 7.43. The van der Waals surface area contributed by atoms with Crippen molar-refractivity contribution in [3.05, 3.63) is 12.2 Å². The summed E-state index contributed by atoms with van der Waals surface area (Å²) < 4.78 is 31.7. The molecular formula is C16H30F3N3O3. The maximum absolute atomic E-state index is 10.6. The topological polar surface area (TPSA) is 122 Å². The SMILES string of the molecule is CCCCCCC[C@@H](O)C/C=C/CCN=C(N)N.O=C(O)C(F)(F)F. The van der Waals surface area contributed by atoms with E-state index in [-0.39, 0.29) is 12.1 Å². The van der Waals surface area contributed by atoms with Crippen LogP contribution in [0.3, 0.4) is 0 Å². The highest BCUT2D eigenvalue weighted by atomic mass is 19.4. The predicted molar refractivity (Wildman–Crippen MR) is 92.1 cm³/mol. The van der Waals surface area contributed by atoms with Gasteiger partial charge in [-0.15, -0.1) is 0 Å². The summed E-state index contributed by atoms with van der Waals surface area (Å²) in [4.78, 5) is 12.8. The molecule has 0 aliphatic heterocycles. The molecule has 0 heterocycles. The first kappa shape index (κ1) is 25.5. The molecule has 0 rings (SSSR count). The average Bonchev–Trinajstić information content (AvgIpc) is 2.50. The summed E-state index contributed by atoms with van der Waals surface area (Å²) in [7, 11) is 0. The zero-order valence-electron chi connectivity index (χ0n) is 14.6. The van der Waals surface area contributed by atoms with E-state index in [9.17, 15) is 18.3 Å². The van der Waals surface area contributed by atoms with Gasteiger partial charge in [-0.05, 0) is 19.3 Å². The number of nitrogens with two attached hydrogens (primary N) is 2. The molecule has 0 bridgehead atoms. The Labute approximate surface area is 146 Å². The normalized spacial score (nSPS) is 12.4. The number of carboxylic acids is 1. The molecule has 0 aromatic rings. The van der Waals surface area contributed by atoms with E-state index in [0.717, 1.165) is 25.7 Å². The Morgan fingerprint density at radius 2 is 1.72 bits per heavy atom. The van der Waals surface area contributed by atoms with Gasteiger partial charge < -0.3 is 21.7 Å². The Kier molecular flexibility index (Phi) is 16.0. The number of carboxylic acid groups (broad SMARTS) is 1. The lowest BCUT2D eigenvalue weighted by Crippen LogP contribution is -2.22. The second-order valence-electron chi connectivity index (χ2n) is 5.46. The quantitative estimate of drug-likeness (QED) is 0.193. The van der Waals surface area contributed by atoms with Crippen LogP contribution in [0.25, 0.3) is 0 Å². The summed E-state index contributed by atoms with van der Waals surface area (Å²) >= 11 is 0. The van der Waals surface area contributed by atoms with Crippen molar-refractivity contribution < 1.29 is 28.2 Å². The molecule has 148 valence electrons. The van der Waals surface area contributed by atoms with Crippen molar-refractivity contribution >= 4 is 11.9 Å². The number of aliphatic hydroxyl groups is 1. The number of aliphatic imine (C=N–C) groups is 1. The molecule has 0 aliphatic rings. The number of carbonyl (C=O) groups is 1. The van der Waals surface area contributed by atoms with E-state index in [1.165, 1.54) is 25.7 Å². The summed E-state index contributed by atoms with van der Waals surface area (Å²) in [5.41, 5.74) is 10.4. The van der Waals surface area contributed by atoms with Crippen molar-refractivity contribution in [2.45, 2.75) is 70.6 Å². The van der Waals surface area contributed by atoms with Crippen LogP contribution < -0.4 is 11.5 Å². The standard InChI is InChI=1S/C14H29N3O.C2HF3O2/c1-2-3-4-5-7-10-13(18)11-8-6-9-12-17-14(15)16;3-2(4,5)1(6)7/h6,8,13,18H,2-5,7,9-12H2,1H3,(H4,15,16,17);(H,6,7)/b8-6+;/t13-;/m1./s1. The minimum atomic E-state index is -5.08. The molecule has 0 spiro atoms. The van der Waals surface area contributed by atoms with Gasteiger partial charge in [-0.25, -0.2) is 4.79 Å². The number of hydrogen-bond acceptors (Lipinski definition) is 3. The fourth-order valence-corrected chi connectivity index (χ4v) is 1.74. The number of aliphatic carboxylic acids is 1. The van der Waals surface area contributed by atoms with Gasteiger partial charge in [-0.2, -0.15) is 13.2 Å². The van der Waals surface area contributed by atoms with Crippen molar-refractivity contribution in [2.75, 3.05) is 6.54 Å². The minimum absolute atomic E-state index is 0.135. The average molecular weight is 369 g/mol. The second kappa shape index (κ2) is 15.7. The highest BCUT2D eigenvalue weighted by Gasteiger charge is 2.38. The first-order valence-corrected chi connectivity index (χ1v) is 8.29. The smallest absolute Gasteiger partial charge is 0.475 e. The fourth-order valence-electron chi connectivity index (χ4n) is 1.74. The predicted octanol–water partition coefficient (Wildman–Crippen LogP) is 2.95. The highest BCUT2D eigenvalue weighted by Crippen LogP contribution is 2.13. The third-order valence-corrected chi connectivity index (χ3v) is 3.05. The lowest BCUT2D eigenvalue weighted by Gasteiger charge is -2.07. The van der Waals surface area contributed by atoms with E-state index in [0.29, 0.717) is 6.54 Å². The number of rotatable bonds is 11. The molecule has 0 aromatic heterocycles. The van der Waals surface area contributed by atoms with E-state index < -0.39 is 12.1 Å². The second-order valence-corrected chi connectivity index (χ2v) is 5.46. The van der Waals surface area contributed by atoms with Crippen LogP contribution in [0.5, 0.6) is 0 Å². The van der Waals surface area contributed by atoms with Crippen LogP contribution in [0.15, 0.2) is 17.1 Å². The van der Waals surface area contributed by atoms with Gasteiger partial charge in [0, 0.05) is 6.54 Å². The summed E-state index contributed by atoms with van der Waals surface area (Å²) in [5.74, 6) is -2.62. The van der Waals surface area contributed by atoms with Gasteiger partial charge in [0.1, 0.15) is 0 Å². The largest absolute Gasteiger partial charge is 0.490 e. The number of hydrogen-bond donors (Lipinski definition) is 4. The van der Waals surface area contributed by atoms with Crippen LogP contribution >= 0.6 is 0 Å². The zero-order chi connectivity index (χ0) is 19.7. The number of halogens is 3. The fraction of sp³-hybridized carbons (Fsp3) is 0.750. The third kappa shape index (κ3) is 22.2. The number of aliphatic hydroxyl groups excluding tert-OH is 1. The summed E-state index contributed by atoms with van der Waals surface area (Å²) in [6.45, 7) is 2.83. The van der Waals surface area contributed by atoms with Gasteiger partial charge in [0.05, 0.1) is 6.10 Å². The number of unbranched alkanes of at least 4 members (excludes halogenated alkanes) is 4. The molecule has 1 atom stereocenters. The molecule has 0 saturated heterocycles. The Bertz CT molecular complexity index is 396. The van der Waals surface area contributed by atoms with E-state index in [2.05, 4.69) is 11.9 Å². The Hall–Kier alpha value is -1.77. The Morgan fingerprint density at radius 3 is 2.20 bits per heavy atom. The van der Waals surface area contributed by atoms with Crippen molar-refractivity contribution in [2.24, 2.45) is 16.5 Å². The minimum Gasteiger partial charge on any atom is -0.475 e. The molecule has 25 heavy (non-hydrogen) atoms. The van der Waals surface area contributed by atoms with Gasteiger partial charge in [0.25, 0.3) is 0 Å². The van der Waals surface area contributed by atoms with Gasteiger partial charge in [-0.1, -0.05) is 51.2 Å². The Morgan fingerprint density at radius 1 is 1.16 bits per heavy atom. The van der Waals surface area contributed by atoms with E-state index in [1.54, 1.807) is 0 Å². The van der Waals surface area contributed by atoms with Crippen LogP contribution in [0.4, 0.5) is 13.2 Å². The lowest BCUT2D eigenvalue weighted by atomic mass is 10.1. The molecule has 6 N–H and O–H groups in total. The number of alkyl halides is 3. The monoisotopic (exact) mass is 369 g/mol. The molecule has 0 amide bonds. The van der Waals surface area contributed by atoms with Crippen LogP contribution in [0.2, 0.25) is 0 Å². The van der Waals surface area contributed by atoms with Gasteiger partial charge in [-0.3, -0.25) is 4.99 Å². The van der Waals surface area contributed by atoms with Crippen LogP contribution in [-0.2, 0) is 4.79 Å². The molecule has 0 fully saturated rings. The van der Waals surface area contributed by atoms with Crippen molar-refractivity contribution in [3.63, 3.8) is 0 Å². The van der Waals surface area contributed by atoms with Gasteiger partial charge in [0.15, 0.2) is 5.96 Å². The van der Waals surface area contributed by atoms with Crippen molar-refractivity contribution in [1.82, 2.24) is 0 Å². The molecule has 0 aromatic carbocycles. The summed E-state index contributed by atoms with van der Waals surface area (Å²) in [6, 6.07) is 0. The first-order valence-electron chi connectivity index (χ1n) is 8.29. The molecule has 0 radical (unpaired) electrons. The molecular weight excluding hydrogens is 339 g/mol. The number of nitrogens with zero attached hydrogens (tertiary/aromatic N) is 1. The van der Waals surface area contributed by atoms with Crippen LogP contribution in [-0.4, -0.2) is 41.0 Å². The number of guanidine groups is 1.